The molecule has 1 fully saturated rings. The number of rotatable bonds is 10. The molecule has 1 aliphatic heterocycles. The fourth-order valence-electron chi connectivity index (χ4n) is 5.59. The number of amides is 1. The highest BCUT2D eigenvalue weighted by molar-refractivity contribution is 6.30. The summed E-state index contributed by atoms with van der Waals surface area (Å²) in [5.74, 6) is -1.29. The second kappa shape index (κ2) is 11.5. The molecule has 7 heteroatoms. The van der Waals surface area contributed by atoms with Crippen LogP contribution in [0.4, 0.5) is 0 Å². The highest BCUT2D eigenvalue weighted by Crippen LogP contribution is 2.52. The Morgan fingerprint density at radius 3 is 2.36 bits per heavy atom. The summed E-state index contributed by atoms with van der Waals surface area (Å²) in [5, 5.41) is 21.2. The predicted molar refractivity (Wildman–Crippen MR) is 144 cm³/mol. The molecule has 0 aromatic heterocycles. The van der Waals surface area contributed by atoms with Gasteiger partial charge in [-0.25, -0.2) is 0 Å². The molecule has 1 aliphatic rings. The van der Waals surface area contributed by atoms with Gasteiger partial charge in [-0.3, -0.25) is 9.59 Å². The van der Waals surface area contributed by atoms with Crippen molar-refractivity contribution in [1.82, 2.24) is 4.90 Å². The average Bonchev–Trinajstić information content (AvgIpc) is 2.78. The Hall–Kier alpha value is -2.08. The third kappa shape index (κ3) is 6.81. The van der Waals surface area contributed by atoms with Crippen molar-refractivity contribution >= 4 is 35.1 Å². The van der Waals surface area contributed by atoms with Gasteiger partial charge in [0.25, 0.3) is 0 Å². The van der Waals surface area contributed by atoms with Crippen molar-refractivity contribution in [3.05, 3.63) is 69.7 Å². The minimum absolute atomic E-state index is 0.115. The van der Waals surface area contributed by atoms with Crippen molar-refractivity contribution in [3.8, 4) is 0 Å². The molecule has 1 saturated heterocycles. The fraction of sp³-hybridized carbons (Fsp3) is 0.517. The molecule has 0 saturated carbocycles. The molecule has 0 bridgehead atoms. The van der Waals surface area contributed by atoms with Crippen molar-refractivity contribution in [2.75, 3.05) is 0 Å². The molecule has 0 spiro atoms. The van der Waals surface area contributed by atoms with E-state index in [4.69, 9.17) is 23.2 Å². The first-order valence-corrected chi connectivity index (χ1v) is 13.4. The van der Waals surface area contributed by atoms with Crippen molar-refractivity contribution in [2.24, 2.45) is 5.41 Å². The number of carbonyl (C=O) groups excluding carboxylic acids is 1. The van der Waals surface area contributed by atoms with E-state index in [1.54, 1.807) is 20.8 Å². The maximum atomic E-state index is 14.2. The summed E-state index contributed by atoms with van der Waals surface area (Å²) in [4.78, 5) is 28.0. The Morgan fingerprint density at radius 2 is 1.81 bits per heavy atom. The molecule has 1 amide bonds. The van der Waals surface area contributed by atoms with Crippen molar-refractivity contribution in [1.29, 1.82) is 0 Å². The van der Waals surface area contributed by atoms with Crippen LogP contribution in [0.25, 0.3) is 0 Å². The van der Waals surface area contributed by atoms with Crippen LogP contribution in [0.2, 0.25) is 10.0 Å². The van der Waals surface area contributed by atoms with Gasteiger partial charge >= 0.3 is 5.97 Å². The molecule has 1 heterocycles. The smallest absolute Gasteiger partial charge is 0.304 e. The Morgan fingerprint density at radius 1 is 1.14 bits per heavy atom. The van der Waals surface area contributed by atoms with Crippen molar-refractivity contribution in [3.63, 3.8) is 0 Å². The number of carboxylic acids is 1. The van der Waals surface area contributed by atoms with E-state index in [-0.39, 0.29) is 30.3 Å². The van der Waals surface area contributed by atoms with Gasteiger partial charge in [-0.05, 0) is 81.3 Å². The number of aliphatic hydroxyl groups is 1. The average molecular weight is 535 g/mol. The summed E-state index contributed by atoms with van der Waals surface area (Å²) in [6.45, 7) is 7.40. The molecule has 0 radical (unpaired) electrons. The number of carbonyl (C=O) groups is 2. The van der Waals surface area contributed by atoms with Crippen molar-refractivity contribution < 1.29 is 19.8 Å². The van der Waals surface area contributed by atoms with Crippen molar-refractivity contribution in [2.45, 2.75) is 89.8 Å². The van der Waals surface area contributed by atoms with E-state index in [2.05, 4.69) is 6.92 Å². The summed E-state index contributed by atoms with van der Waals surface area (Å²) in [5.41, 5.74) is 0.0748. The lowest BCUT2D eigenvalue weighted by atomic mass is 9.67. The van der Waals surface area contributed by atoms with Gasteiger partial charge in [-0.15, -0.1) is 0 Å². The molecule has 0 aliphatic carbocycles. The molecule has 196 valence electrons. The minimum Gasteiger partial charge on any atom is -0.481 e. The van der Waals surface area contributed by atoms with Gasteiger partial charge in [-0.2, -0.15) is 0 Å². The van der Waals surface area contributed by atoms with Gasteiger partial charge in [0.15, 0.2) is 0 Å². The summed E-state index contributed by atoms with van der Waals surface area (Å²) in [6, 6.07) is 14.8. The van der Waals surface area contributed by atoms with E-state index >= 15 is 0 Å². The lowest BCUT2D eigenvalue weighted by Gasteiger charge is -2.52. The van der Waals surface area contributed by atoms with Crippen LogP contribution in [-0.2, 0) is 9.59 Å². The molecule has 2 aromatic rings. The second-order valence-corrected chi connectivity index (χ2v) is 11.8. The van der Waals surface area contributed by atoms with Crippen LogP contribution in [0, 0.1) is 5.41 Å². The second-order valence-electron chi connectivity index (χ2n) is 11.0. The largest absolute Gasteiger partial charge is 0.481 e. The van der Waals surface area contributed by atoms with Gasteiger partial charge in [0.2, 0.25) is 5.91 Å². The topological polar surface area (TPSA) is 77.8 Å². The van der Waals surface area contributed by atoms with E-state index in [1.807, 2.05) is 53.4 Å². The quantitative estimate of drug-likeness (QED) is 0.337. The molecular formula is C29H37Cl2NO4. The van der Waals surface area contributed by atoms with Crippen LogP contribution >= 0.6 is 23.2 Å². The minimum atomic E-state index is -1.06. The van der Waals surface area contributed by atoms with Gasteiger partial charge in [0.05, 0.1) is 23.5 Å². The SMILES string of the molecule is CC[C@@H](CCCC(C)(C)O)N1C(=O)[C@@](C)(CC(=O)O)C[C@H](c2cccc(Cl)c2)C1c1ccc(Cl)cc1. The number of hydrogen-bond donors (Lipinski definition) is 2. The van der Waals surface area contributed by atoms with Gasteiger partial charge in [0.1, 0.15) is 0 Å². The van der Waals surface area contributed by atoms with E-state index < -0.39 is 17.0 Å². The van der Waals surface area contributed by atoms with E-state index in [0.717, 1.165) is 17.5 Å². The van der Waals surface area contributed by atoms with E-state index in [1.165, 1.54) is 0 Å². The molecule has 36 heavy (non-hydrogen) atoms. The van der Waals surface area contributed by atoms with Crippen LogP contribution < -0.4 is 0 Å². The third-order valence-electron chi connectivity index (χ3n) is 7.32. The lowest BCUT2D eigenvalue weighted by Crippen LogP contribution is -2.56. The lowest BCUT2D eigenvalue weighted by molar-refractivity contribution is -0.160. The first kappa shape index (κ1) is 28.5. The summed E-state index contributed by atoms with van der Waals surface area (Å²) < 4.78 is 0. The van der Waals surface area contributed by atoms with E-state index in [0.29, 0.717) is 35.7 Å². The third-order valence-corrected chi connectivity index (χ3v) is 7.81. The standard InChI is InChI=1S/C29H37Cl2NO4/c1-5-23(10-7-15-28(2,3)36)32-26(19-11-13-21(30)14-12-19)24(20-8-6-9-22(31)16-20)17-29(4,27(32)35)18-25(33)34/h6,8-9,11-14,16,23-24,26,36H,5,7,10,15,17-18H2,1-4H3,(H,33,34)/t23-,24+,26?,29+/m0/s1. The molecule has 2 N–H and O–H groups in total. The van der Waals surface area contributed by atoms with Gasteiger partial charge in [0, 0.05) is 22.0 Å². The maximum Gasteiger partial charge on any atom is 0.304 e. The summed E-state index contributed by atoms with van der Waals surface area (Å²) in [7, 11) is 0. The molecule has 5 nitrogen and oxygen atoms in total. The number of benzene rings is 2. The molecule has 3 rings (SSSR count). The first-order chi connectivity index (χ1) is 16.8. The Balaban J connectivity index is 2.15. The van der Waals surface area contributed by atoms with Crippen LogP contribution in [0.1, 0.15) is 89.3 Å². The van der Waals surface area contributed by atoms with Gasteiger partial charge < -0.3 is 15.1 Å². The number of carboxylic acid groups (broad SMARTS) is 1. The summed E-state index contributed by atoms with van der Waals surface area (Å²) >= 11 is 12.6. The molecule has 4 atom stereocenters. The number of nitrogens with zero attached hydrogens (tertiary/aromatic N) is 1. The van der Waals surface area contributed by atoms with Crippen LogP contribution in [0.5, 0.6) is 0 Å². The van der Waals surface area contributed by atoms with Gasteiger partial charge in [-0.1, -0.05) is 61.3 Å². The number of likely N-dealkylation sites (tertiary alicyclic amines) is 1. The highest BCUT2D eigenvalue weighted by atomic mass is 35.5. The van der Waals surface area contributed by atoms with E-state index in [9.17, 15) is 19.8 Å². The Labute approximate surface area is 224 Å². The highest BCUT2D eigenvalue weighted by Gasteiger charge is 2.52. The zero-order chi connectivity index (χ0) is 26.7. The summed E-state index contributed by atoms with van der Waals surface area (Å²) in [6.07, 6.45) is 2.93. The number of hydrogen-bond acceptors (Lipinski definition) is 3. The monoisotopic (exact) mass is 533 g/mol. The van der Waals surface area contributed by atoms with Crippen LogP contribution in [0.3, 0.4) is 0 Å². The zero-order valence-electron chi connectivity index (χ0n) is 21.5. The molecular weight excluding hydrogens is 497 g/mol. The maximum absolute atomic E-state index is 14.2. The number of halogens is 2. The molecule has 2 aromatic carbocycles. The number of piperidine rings is 1. The molecule has 1 unspecified atom stereocenters. The first-order valence-electron chi connectivity index (χ1n) is 12.6. The normalized spacial score (nSPS) is 23.5. The van der Waals surface area contributed by atoms with Crippen LogP contribution in [-0.4, -0.2) is 38.6 Å². The Kier molecular flexibility index (Phi) is 9.13. The Bertz CT molecular complexity index is 1070. The fourth-order valence-corrected chi connectivity index (χ4v) is 5.92. The predicted octanol–water partition coefficient (Wildman–Crippen LogP) is 7.25. The zero-order valence-corrected chi connectivity index (χ0v) is 23.0. The van der Waals surface area contributed by atoms with Crippen LogP contribution in [0.15, 0.2) is 48.5 Å². The number of aliphatic carboxylic acids is 1.